The summed E-state index contributed by atoms with van der Waals surface area (Å²) >= 11 is 0. The van der Waals surface area contributed by atoms with Gasteiger partial charge in [-0.2, -0.15) is 0 Å². The van der Waals surface area contributed by atoms with Crippen LogP contribution in [0.5, 0.6) is 5.75 Å². The van der Waals surface area contributed by atoms with Crippen LogP contribution < -0.4 is 15.8 Å². The Kier molecular flexibility index (Phi) is 3.91. The molecule has 0 bridgehead atoms. The van der Waals surface area contributed by atoms with E-state index in [1.807, 2.05) is 12.1 Å². The maximum absolute atomic E-state index is 13.0. The standard InChI is InChI=1S/C19H17FN4O2/c1-26-17-2-3-22-8-14(17)10-4-11-6-18(23-9-13(11)16(21)5-10)24-19(25)12-7-15(12)20/h2-6,8-9,12,15H,7,21H2,1H3,(H,23,24,25). The van der Waals surface area contributed by atoms with Crippen molar-refractivity contribution in [2.45, 2.75) is 12.6 Å². The average Bonchev–Trinajstić information content (AvgIpc) is 3.38. The largest absolute Gasteiger partial charge is 0.496 e. The molecule has 1 aliphatic carbocycles. The highest BCUT2D eigenvalue weighted by molar-refractivity contribution is 6.00. The molecule has 0 spiro atoms. The first-order valence-corrected chi connectivity index (χ1v) is 8.19. The number of alkyl halides is 1. The number of halogens is 1. The molecule has 2 unspecified atom stereocenters. The third-order valence-corrected chi connectivity index (χ3v) is 4.48. The Morgan fingerprint density at radius 2 is 2.15 bits per heavy atom. The number of amides is 1. The molecule has 2 aromatic heterocycles. The molecule has 1 aromatic carbocycles. The lowest BCUT2D eigenvalue weighted by Gasteiger charge is -2.11. The third kappa shape index (κ3) is 2.92. The normalized spacial score (nSPS) is 18.5. The van der Waals surface area contributed by atoms with Crippen molar-refractivity contribution in [1.82, 2.24) is 9.97 Å². The van der Waals surface area contributed by atoms with Crippen LogP contribution in [0.2, 0.25) is 0 Å². The van der Waals surface area contributed by atoms with Crippen molar-refractivity contribution in [1.29, 1.82) is 0 Å². The van der Waals surface area contributed by atoms with Crippen LogP contribution in [-0.4, -0.2) is 29.2 Å². The molecule has 3 aromatic rings. The van der Waals surface area contributed by atoms with Crippen LogP contribution in [0.25, 0.3) is 21.9 Å². The Hall–Kier alpha value is -3.22. The summed E-state index contributed by atoms with van der Waals surface area (Å²) in [5.74, 6) is 0.145. The maximum atomic E-state index is 13.0. The minimum atomic E-state index is -1.05. The van der Waals surface area contributed by atoms with E-state index in [1.54, 1.807) is 37.8 Å². The second kappa shape index (κ2) is 6.25. The molecule has 2 atom stereocenters. The van der Waals surface area contributed by atoms with Gasteiger partial charge in [0.25, 0.3) is 0 Å². The van der Waals surface area contributed by atoms with Gasteiger partial charge in [0.2, 0.25) is 5.91 Å². The number of nitrogens with two attached hydrogens (primary N) is 1. The fourth-order valence-corrected chi connectivity index (χ4v) is 2.94. The monoisotopic (exact) mass is 352 g/mol. The van der Waals surface area contributed by atoms with Gasteiger partial charge in [0.15, 0.2) is 0 Å². The highest BCUT2D eigenvalue weighted by Gasteiger charge is 2.43. The van der Waals surface area contributed by atoms with E-state index in [9.17, 15) is 9.18 Å². The molecule has 4 rings (SSSR count). The number of fused-ring (bicyclic) bond motifs is 1. The first-order chi connectivity index (χ1) is 12.6. The molecule has 3 N–H and O–H groups in total. The van der Waals surface area contributed by atoms with Crippen LogP contribution in [0.1, 0.15) is 6.42 Å². The number of hydrogen-bond donors (Lipinski definition) is 2. The molecule has 1 saturated carbocycles. The van der Waals surface area contributed by atoms with E-state index in [4.69, 9.17) is 10.5 Å². The van der Waals surface area contributed by atoms with Gasteiger partial charge >= 0.3 is 0 Å². The van der Waals surface area contributed by atoms with Gasteiger partial charge < -0.3 is 15.8 Å². The van der Waals surface area contributed by atoms with Gasteiger partial charge in [0, 0.05) is 35.2 Å². The molecular formula is C19H17FN4O2. The van der Waals surface area contributed by atoms with Crippen LogP contribution in [-0.2, 0) is 4.79 Å². The molecule has 1 fully saturated rings. The van der Waals surface area contributed by atoms with E-state index in [0.29, 0.717) is 17.3 Å². The molecule has 1 amide bonds. The van der Waals surface area contributed by atoms with Crippen molar-refractivity contribution in [2.75, 3.05) is 18.2 Å². The fraction of sp³-hybridized carbons (Fsp3) is 0.211. The zero-order chi connectivity index (χ0) is 18.3. The zero-order valence-corrected chi connectivity index (χ0v) is 14.1. The highest BCUT2D eigenvalue weighted by Crippen LogP contribution is 2.36. The number of anilines is 2. The van der Waals surface area contributed by atoms with E-state index < -0.39 is 12.1 Å². The van der Waals surface area contributed by atoms with Crippen molar-refractivity contribution in [3.63, 3.8) is 0 Å². The maximum Gasteiger partial charge on any atom is 0.231 e. The third-order valence-electron chi connectivity index (χ3n) is 4.48. The minimum absolute atomic E-state index is 0.275. The van der Waals surface area contributed by atoms with E-state index in [1.165, 1.54) is 0 Å². The Morgan fingerprint density at radius 1 is 1.35 bits per heavy atom. The average molecular weight is 352 g/mol. The van der Waals surface area contributed by atoms with Gasteiger partial charge in [0.05, 0.1) is 13.0 Å². The Bertz CT molecular complexity index is 1010. The Labute approximate surface area is 149 Å². The lowest BCUT2D eigenvalue weighted by atomic mass is 10.0. The Morgan fingerprint density at radius 3 is 2.88 bits per heavy atom. The first kappa shape index (κ1) is 16.3. The number of ether oxygens (including phenoxy) is 1. The summed E-state index contributed by atoms with van der Waals surface area (Å²) in [6, 6.07) is 7.26. The second-order valence-corrected chi connectivity index (χ2v) is 6.28. The number of pyridine rings is 2. The van der Waals surface area contributed by atoms with Crippen molar-refractivity contribution in [3.05, 3.63) is 42.9 Å². The lowest BCUT2D eigenvalue weighted by Crippen LogP contribution is -2.15. The number of nitrogen functional groups attached to an aromatic ring is 1. The number of aromatic nitrogens is 2. The molecule has 0 aliphatic heterocycles. The van der Waals surface area contributed by atoms with Crippen LogP contribution in [0.15, 0.2) is 42.9 Å². The summed E-state index contributed by atoms with van der Waals surface area (Å²) in [7, 11) is 1.59. The molecule has 132 valence electrons. The number of hydrogen-bond acceptors (Lipinski definition) is 5. The summed E-state index contributed by atoms with van der Waals surface area (Å²) in [6.07, 6.45) is 4.19. The summed E-state index contributed by atoms with van der Waals surface area (Å²) in [5, 5.41) is 4.24. The van der Waals surface area contributed by atoms with E-state index >= 15 is 0 Å². The SMILES string of the molecule is COc1ccncc1-c1cc(N)c2cnc(NC(=O)C3CC3F)cc2c1. The van der Waals surface area contributed by atoms with Gasteiger partial charge in [-0.25, -0.2) is 9.37 Å². The molecule has 6 nitrogen and oxygen atoms in total. The van der Waals surface area contributed by atoms with Crippen LogP contribution >= 0.6 is 0 Å². The Balaban J connectivity index is 1.73. The van der Waals surface area contributed by atoms with Crippen molar-refractivity contribution < 1.29 is 13.9 Å². The van der Waals surface area contributed by atoms with E-state index in [-0.39, 0.29) is 12.3 Å². The molecular weight excluding hydrogens is 335 g/mol. The van der Waals surface area contributed by atoms with Crippen molar-refractivity contribution in [2.24, 2.45) is 5.92 Å². The van der Waals surface area contributed by atoms with Gasteiger partial charge in [-0.3, -0.25) is 9.78 Å². The topological polar surface area (TPSA) is 90.1 Å². The van der Waals surface area contributed by atoms with Crippen LogP contribution in [0.3, 0.4) is 0 Å². The van der Waals surface area contributed by atoms with E-state index in [2.05, 4.69) is 15.3 Å². The summed E-state index contributed by atoms with van der Waals surface area (Å²) in [4.78, 5) is 20.3. The molecule has 26 heavy (non-hydrogen) atoms. The second-order valence-electron chi connectivity index (χ2n) is 6.28. The predicted molar refractivity (Wildman–Crippen MR) is 97.6 cm³/mol. The number of carbonyl (C=O) groups is 1. The van der Waals surface area contributed by atoms with Gasteiger partial charge in [-0.1, -0.05) is 0 Å². The lowest BCUT2D eigenvalue weighted by molar-refractivity contribution is -0.117. The number of methoxy groups -OCH3 is 1. The smallest absolute Gasteiger partial charge is 0.231 e. The van der Waals surface area contributed by atoms with Gasteiger partial charge in [-0.05, 0) is 41.6 Å². The number of nitrogens with one attached hydrogen (secondary N) is 1. The molecule has 1 aliphatic rings. The number of benzene rings is 1. The van der Waals surface area contributed by atoms with Crippen LogP contribution in [0.4, 0.5) is 15.9 Å². The minimum Gasteiger partial charge on any atom is -0.496 e. The summed E-state index contributed by atoms with van der Waals surface area (Å²) < 4.78 is 18.4. The number of rotatable bonds is 4. The number of nitrogens with zero attached hydrogens (tertiary/aromatic N) is 2. The fourth-order valence-electron chi connectivity index (χ4n) is 2.94. The molecule has 0 saturated heterocycles. The van der Waals surface area contributed by atoms with Gasteiger partial charge in [-0.15, -0.1) is 0 Å². The molecule has 7 heteroatoms. The van der Waals surface area contributed by atoms with Gasteiger partial charge in [0.1, 0.15) is 17.7 Å². The summed E-state index contributed by atoms with van der Waals surface area (Å²) in [6.45, 7) is 0. The zero-order valence-electron chi connectivity index (χ0n) is 14.1. The van der Waals surface area contributed by atoms with Crippen molar-refractivity contribution >= 4 is 28.2 Å². The highest BCUT2D eigenvalue weighted by atomic mass is 19.1. The van der Waals surface area contributed by atoms with E-state index in [0.717, 1.165) is 21.9 Å². The quantitative estimate of drug-likeness (QED) is 0.704. The molecule has 2 heterocycles. The number of carbonyl (C=O) groups excluding carboxylic acids is 1. The van der Waals surface area contributed by atoms with Crippen LogP contribution in [0, 0.1) is 5.92 Å². The predicted octanol–water partition coefficient (Wildman–Crippen LogP) is 3.18. The van der Waals surface area contributed by atoms with Crippen molar-refractivity contribution in [3.8, 4) is 16.9 Å². The summed E-state index contributed by atoms with van der Waals surface area (Å²) in [5.41, 5.74) is 8.38. The first-order valence-electron chi connectivity index (χ1n) is 8.19. The molecule has 0 radical (unpaired) electrons.